The maximum Gasteiger partial charge on any atom is 0.230 e. The van der Waals surface area contributed by atoms with Gasteiger partial charge in [-0.25, -0.2) is 4.39 Å². The number of ether oxygens (including phenoxy) is 1. The summed E-state index contributed by atoms with van der Waals surface area (Å²) >= 11 is 1.18. The predicted molar refractivity (Wildman–Crippen MR) is 75.8 cm³/mol. The highest BCUT2D eigenvalue weighted by atomic mass is 32.2. The van der Waals surface area contributed by atoms with Crippen molar-refractivity contribution >= 4 is 17.7 Å². The van der Waals surface area contributed by atoms with Crippen LogP contribution in [0, 0.1) is 5.82 Å². The molecule has 1 amide bonds. The predicted octanol–water partition coefficient (Wildman–Crippen LogP) is 2.63. The van der Waals surface area contributed by atoms with Crippen molar-refractivity contribution in [3.8, 4) is 0 Å². The minimum absolute atomic E-state index is 0.132. The van der Waals surface area contributed by atoms with E-state index in [9.17, 15) is 9.18 Å². The van der Waals surface area contributed by atoms with Gasteiger partial charge in [-0.2, -0.15) is 0 Å². The molecule has 0 spiro atoms. The van der Waals surface area contributed by atoms with Crippen molar-refractivity contribution < 1.29 is 13.9 Å². The molecule has 0 fully saturated rings. The van der Waals surface area contributed by atoms with Gasteiger partial charge in [0.2, 0.25) is 5.91 Å². The highest BCUT2D eigenvalue weighted by Gasteiger charge is 2.05. The Hall–Kier alpha value is -1.33. The third-order valence-electron chi connectivity index (χ3n) is 2.11. The number of nitrogens with one attached hydrogen (secondary N) is 1. The molecular weight excluding hydrogens is 265 g/mol. The van der Waals surface area contributed by atoms with E-state index in [1.807, 2.05) is 6.92 Å². The van der Waals surface area contributed by atoms with E-state index < -0.39 is 0 Å². The van der Waals surface area contributed by atoms with Gasteiger partial charge in [-0.3, -0.25) is 4.79 Å². The summed E-state index contributed by atoms with van der Waals surface area (Å²) in [5.41, 5.74) is 0.946. The van der Waals surface area contributed by atoms with E-state index in [4.69, 9.17) is 4.74 Å². The molecular formula is C14H18FNO2S. The van der Waals surface area contributed by atoms with Gasteiger partial charge in [0.1, 0.15) is 5.82 Å². The van der Waals surface area contributed by atoms with Crippen LogP contribution < -0.4 is 5.32 Å². The highest BCUT2D eigenvalue weighted by Crippen LogP contribution is 2.20. The molecule has 0 aromatic heterocycles. The molecule has 0 saturated heterocycles. The fourth-order valence-electron chi connectivity index (χ4n) is 1.27. The number of rotatable bonds is 8. The molecule has 0 radical (unpaired) electrons. The van der Waals surface area contributed by atoms with Gasteiger partial charge >= 0.3 is 0 Å². The van der Waals surface area contributed by atoms with Crippen molar-refractivity contribution in [2.24, 2.45) is 0 Å². The average Bonchev–Trinajstić information content (AvgIpc) is 2.37. The smallest absolute Gasteiger partial charge is 0.230 e. The molecule has 5 heteroatoms. The van der Waals surface area contributed by atoms with Gasteiger partial charge in [0.15, 0.2) is 0 Å². The molecule has 104 valence electrons. The van der Waals surface area contributed by atoms with Crippen molar-refractivity contribution in [3.05, 3.63) is 42.2 Å². The van der Waals surface area contributed by atoms with Gasteiger partial charge in [0, 0.05) is 11.4 Å². The molecule has 3 nitrogen and oxygen atoms in total. The molecule has 0 aliphatic rings. The first-order chi connectivity index (χ1) is 9.09. The Kier molecular flexibility index (Phi) is 7.22. The minimum atomic E-state index is -0.301. The van der Waals surface area contributed by atoms with Crippen molar-refractivity contribution in [2.75, 3.05) is 25.5 Å². The van der Waals surface area contributed by atoms with Gasteiger partial charge < -0.3 is 10.1 Å². The second-order valence-corrected chi connectivity index (χ2v) is 5.10. The molecule has 1 N–H and O–H groups in total. The largest absolute Gasteiger partial charge is 0.375 e. The van der Waals surface area contributed by atoms with Gasteiger partial charge in [0.25, 0.3) is 0 Å². The van der Waals surface area contributed by atoms with E-state index in [1.54, 1.807) is 18.2 Å². The summed E-state index contributed by atoms with van der Waals surface area (Å²) in [5, 5.41) is 2.71. The van der Waals surface area contributed by atoms with E-state index >= 15 is 0 Å². The van der Waals surface area contributed by atoms with Gasteiger partial charge in [-0.05, 0) is 19.1 Å². The van der Waals surface area contributed by atoms with E-state index in [1.165, 1.54) is 17.8 Å². The monoisotopic (exact) mass is 283 g/mol. The van der Waals surface area contributed by atoms with Crippen LogP contribution in [-0.4, -0.2) is 31.4 Å². The van der Waals surface area contributed by atoms with Gasteiger partial charge in [-0.1, -0.05) is 24.3 Å². The van der Waals surface area contributed by atoms with Crippen LogP contribution in [0.5, 0.6) is 0 Å². The van der Waals surface area contributed by atoms with E-state index in [0.717, 1.165) is 5.57 Å². The Bertz CT molecular complexity index is 437. The molecule has 0 saturated carbocycles. The number of thioether (sulfide) groups is 1. The molecule has 0 heterocycles. The number of benzene rings is 1. The quantitative estimate of drug-likeness (QED) is 0.453. The zero-order valence-electron chi connectivity index (χ0n) is 10.9. The summed E-state index contributed by atoms with van der Waals surface area (Å²) in [6, 6.07) is 6.40. The Morgan fingerprint density at radius 2 is 2.21 bits per heavy atom. The number of carbonyl (C=O) groups is 1. The SMILES string of the molecule is C=C(C)COCCNC(=O)CSc1ccccc1F. The summed E-state index contributed by atoms with van der Waals surface area (Å²) in [7, 11) is 0. The highest BCUT2D eigenvalue weighted by molar-refractivity contribution is 8.00. The topological polar surface area (TPSA) is 38.3 Å². The Morgan fingerprint density at radius 1 is 1.47 bits per heavy atom. The van der Waals surface area contributed by atoms with E-state index in [2.05, 4.69) is 11.9 Å². The Morgan fingerprint density at radius 3 is 2.89 bits per heavy atom. The summed E-state index contributed by atoms with van der Waals surface area (Å²) in [4.78, 5) is 12.0. The van der Waals surface area contributed by atoms with Gasteiger partial charge in [-0.15, -0.1) is 11.8 Å². The van der Waals surface area contributed by atoms with Crippen molar-refractivity contribution in [2.45, 2.75) is 11.8 Å². The second-order valence-electron chi connectivity index (χ2n) is 4.08. The van der Waals surface area contributed by atoms with Crippen LogP contribution in [0.2, 0.25) is 0 Å². The molecule has 0 atom stereocenters. The second kappa shape index (κ2) is 8.72. The number of amides is 1. The fraction of sp³-hybridized carbons (Fsp3) is 0.357. The molecule has 0 bridgehead atoms. The minimum Gasteiger partial charge on any atom is -0.375 e. The lowest BCUT2D eigenvalue weighted by Gasteiger charge is -2.06. The van der Waals surface area contributed by atoms with Crippen LogP contribution in [0.15, 0.2) is 41.3 Å². The summed E-state index contributed by atoms with van der Waals surface area (Å²) in [5.74, 6) is -0.237. The third kappa shape index (κ3) is 6.98. The lowest BCUT2D eigenvalue weighted by Crippen LogP contribution is -2.28. The van der Waals surface area contributed by atoms with Crippen LogP contribution in [0.3, 0.4) is 0 Å². The number of carbonyl (C=O) groups excluding carboxylic acids is 1. The Labute approximate surface area is 117 Å². The molecule has 1 aromatic rings. The van der Waals surface area contributed by atoms with Crippen LogP contribution in [0.1, 0.15) is 6.92 Å². The first-order valence-corrected chi connectivity index (χ1v) is 6.94. The maximum atomic E-state index is 13.3. The lowest BCUT2D eigenvalue weighted by molar-refractivity contribution is -0.118. The van der Waals surface area contributed by atoms with E-state index in [-0.39, 0.29) is 17.5 Å². The van der Waals surface area contributed by atoms with Crippen LogP contribution in [0.25, 0.3) is 0 Å². The fourth-order valence-corrected chi connectivity index (χ4v) is 2.03. The number of hydrogen-bond donors (Lipinski definition) is 1. The zero-order valence-corrected chi connectivity index (χ0v) is 11.8. The standard InChI is InChI=1S/C14H18FNO2S/c1-11(2)9-18-8-7-16-14(17)10-19-13-6-4-3-5-12(13)15/h3-6H,1,7-10H2,2H3,(H,16,17). The maximum absolute atomic E-state index is 13.3. The number of halogens is 1. The molecule has 1 rings (SSSR count). The van der Waals surface area contributed by atoms with Gasteiger partial charge in [0.05, 0.1) is 19.0 Å². The molecule has 1 aromatic carbocycles. The average molecular weight is 283 g/mol. The normalized spacial score (nSPS) is 10.2. The lowest BCUT2D eigenvalue weighted by atomic mass is 10.3. The summed E-state index contributed by atoms with van der Waals surface area (Å²) in [6.45, 7) is 6.98. The van der Waals surface area contributed by atoms with Crippen molar-refractivity contribution in [1.29, 1.82) is 0 Å². The first-order valence-electron chi connectivity index (χ1n) is 5.95. The van der Waals surface area contributed by atoms with Crippen molar-refractivity contribution in [3.63, 3.8) is 0 Å². The van der Waals surface area contributed by atoms with Crippen LogP contribution in [0.4, 0.5) is 4.39 Å². The third-order valence-corrected chi connectivity index (χ3v) is 3.16. The molecule has 0 aliphatic heterocycles. The summed E-state index contributed by atoms with van der Waals surface area (Å²) < 4.78 is 18.5. The Balaban J connectivity index is 2.15. The van der Waals surface area contributed by atoms with Crippen LogP contribution >= 0.6 is 11.8 Å². The molecule has 0 aliphatic carbocycles. The molecule has 0 unspecified atom stereocenters. The molecule has 19 heavy (non-hydrogen) atoms. The van der Waals surface area contributed by atoms with Crippen LogP contribution in [-0.2, 0) is 9.53 Å². The van der Waals surface area contributed by atoms with Crippen molar-refractivity contribution in [1.82, 2.24) is 5.32 Å². The summed E-state index contributed by atoms with van der Waals surface area (Å²) in [6.07, 6.45) is 0. The number of hydrogen-bond acceptors (Lipinski definition) is 3. The van der Waals surface area contributed by atoms with E-state index in [0.29, 0.717) is 24.7 Å². The zero-order chi connectivity index (χ0) is 14.1. The first kappa shape index (κ1) is 15.7.